The number of aryl methyl sites for hydroxylation is 1. The minimum atomic E-state index is -0.209. The van der Waals surface area contributed by atoms with E-state index in [1.807, 2.05) is 19.1 Å². The Morgan fingerprint density at radius 1 is 1.07 bits per heavy atom. The van der Waals surface area contributed by atoms with Crippen molar-refractivity contribution in [3.63, 3.8) is 0 Å². The number of carbonyl (C=O) groups is 1. The van der Waals surface area contributed by atoms with Crippen LogP contribution in [-0.2, 0) is 0 Å². The predicted octanol–water partition coefficient (Wildman–Crippen LogP) is 3.87. The number of amides is 1. The van der Waals surface area contributed by atoms with Gasteiger partial charge in [0, 0.05) is 43.6 Å². The maximum atomic E-state index is 12.7. The third-order valence-corrected chi connectivity index (χ3v) is 4.99. The van der Waals surface area contributed by atoms with Crippen molar-refractivity contribution in [2.45, 2.75) is 40.0 Å². The number of benzene rings is 1. The first-order valence-electron chi connectivity index (χ1n) is 9.87. The highest BCUT2D eigenvalue weighted by molar-refractivity contribution is 6.03. The van der Waals surface area contributed by atoms with Crippen LogP contribution >= 0.6 is 0 Å². The van der Waals surface area contributed by atoms with Gasteiger partial charge in [0.2, 0.25) is 0 Å². The molecule has 6 heteroatoms. The van der Waals surface area contributed by atoms with Crippen LogP contribution in [0.25, 0.3) is 0 Å². The highest BCUT2D eigenvalue weighted by atomic mass is 16.1. The number of rotatable bonds is 6. The van der Waals surface area contributed by atoms with Crippen LogP contribution in [0, 0.1) is 6.92 Å². The number of carbonyl (C=O) groups excluding carboxylic acids is 1. The molecule has 1 aromatic heterocycles. The Morgan fingerprint density at radius 2 is 1.74 bits per heavy atom. The van der Waals surface area contributed by atoms with Gasteiger partial charge in [-0.2, -0.15) is 0 Å². The van der Waals surface area contributed by atoms with Crippen LogP contribution in [0.2, 0.25) is 0 Å². The van der Waals surface area contributed by atoms with Crippen molar-refractivity contribution >= 4 is 23.1 Å². The molecule has 27 heavy (non-hydrogen) atoms. The Kier molecular flexibility index (Phi) is 6.27. The summed E-state index contributed by atoms with van der Waals surface area (Å²) in [4.78, 5) is 26.0. The van der Waals surface area contributed by atoms with Gasteiger partial charge in [-0.25, -0.2) is 9.97 Å². The van der Waals surface area contributed by atoms with Crippen molar-refractivity contribution in [1.82, 2.24) is 9.97 Å². The van der Waals surface area contributed by atoms with E-state index in [9.17, 15) is 4.79 Å². The Labute approximate surface area is 161 Å². The van der Waals surface area contributed by atoms with Crippen molar-refractivity contribution in [2.75, 3.05) is 41.3 Å². The molecule has 1 amide bonds. The van der Waals surface area contributed by atoms with Gasteiger partial charge in [0.1, 0.15) is 17.3 Å². The Bertz CT molecular complexity index is 765. The second kappa shape index (κ2) is 8.84. The lowest BCUT2D eigenvalue weighted by Gasteiger charge is -2.28. The number of hydrogen-bond donors (Lipinski definition) is 1. The number of hydrogen-bond acceptors (Lipinski definition) is 5. The van der Waals surface area contributed by atoms with E-state index in [1.165, 1.54) is 24.9 Å². The van der Waals surface area contributed by atoms with E-state index in [0.29, 0.717) is 11.5 Å². The van der Waals surface area contributed by atoms with Crippen LogP contribution < -0.4 is 15.1 Å². The second-order valence-electron chi connectivity index (χ2n) is 6.88. The topological polar surface area (TPSA) is 61.4 Å². The Morgan fingerprint density at radius 3 is 2.37 bits per heavy atom. The molecule has 3 rings (SSSR count). The van der Waals surface area contributed by atoms with E-state index < -0.39 is 0 Å². The molecule has 0 spiro atoms. The Hall–Kier alpha value is -2.63. The lowest BCUT2D eigenvalue weighted by atomic mass is 10.1. The zero-order valence-electron chi connectivity index (χ0n) is 16.5. The average molecular weight is 367 g/mol. The SMILES string of the molecule is CCN(CC)c1cc(C(=O)Nc2ccc(N3CCCCC3)cc2)nc(C)n1. The van der Waals surface area contributed by atoms with E-state index in [0.717, 1.165) is 37.7 Å². The number of aromatic nitrogens is 2. The molecule has 1 fully saturated rings. The van der Waals surface area contributed by atoms with E-state index in [-0.39, 0.29) is 5.91 Å². The monoisotopic (exact) mass is 367 g/mol. The van der Waals surface area contributed by atoms with Gasteiger partial charge in [-0.3, -0.25) is 4.79 Å². The van der Waals surface area contributed by atoms with Gasteiger partial charge in [-0.05, 0) is 64.3 Å². The maximum absolute atomic E-state index is 12.7. The number of anilines is 3. The molecule has 6 nitrogen and oxygen atoms in total. The smallest absolute Gasteiger partial charge is 0.274 e. The summed E-state index contributed by atoms with van der Waals surface area (Å²) < 4.78 is 0. The molecule has 0 atom stereocenters. The number of nitrogens with zero attached hydrogens (tertiary/aromatic N) is 4. The molecular weight excluding hydrogens is 338 g/mol. The fraction of sp³-hybridized carbons (Fsp3) is 0.476. The first kappa shape index (κ1) is 19.1. The molecule has 0 bridgehead atoms. The highest BCUT2D eigenvalue weighted by Crippen LogP contribution is 2.22. The van der Waals surface area contributed by atoms with Crippen LogP contribution in [0.3, 0.4) is 0 Å². The molecule has 0 saturated carbocycles. The highest BCUT2D eigenvalue weighted by Gasteiger charge is 2.14. The Balaban J connectivity index is 1.71. The summed E-state index contributed by atoms with van der Waals surface area (Å²) in [5, 5.41) is 2.95. The van der Waals surface area contributed by atoms with Crippen LogP contribution in [0.5, 0.6) is 0 Å². The predicted molar refractivity (Wildman–Crippen MR) is 111 cm³/mol. The second-order valence-corrected chi connectivity index (χ2v) is 6.88. The third-order valence-electron chi connectivity index (χ3n) is 4.99. The van der Waals surface area contributed by atoms with Crippen LogP contribution in [0.15, 0.2) is 30.3 Å². The van der Waals surface area contributed by atoms with Crippen molar-refractivity contribution in [3.8, 4) is 0 Å². The molecule has 1 aliphatic rings. The van der Waals surface area contributed by atoms with E-state index >= 15 is 0 Å². The summed E-state index contributed by atoms with van der Waals surface area (Å²) >= 11 is 0. The van der Waals surface area contributed by atoms with Crippen LogP contribution in [-0.4, -0.2) is 42.1 Å². The summed E-state index contributed by atoms with van der Waals surface area (Å²) in [6, 6.07) is 9.83. The zero-order chi connectivity index (χ0) is 19.2. The molecular formula is C21H29N5O. The molecule has 1 aliphatic heterocycles. The minimum absolute atomic E-state index is 0.209. The van der Waals surface area contributed by atoms with Crippen molar-refractivity contribution < 1.29 is 4.79 Å². The fourth-order valence-corrected chi connectivity index (χ4v) is 3.48. The molecule has 2 aromatic rings. The lowest BCUT2D eigenvalue weighted by molar-refractivity contribution is 0.102. The van der Waals surface area contributed by atoms with Gasteiger partial charge >= 0.3 is 0 Å². The van der Waals surface area contributed by atoms with E-state index in [2.05, 4.69) is 51.1 Å². The van der Waals surface area contributed by atoms with Gasteiger partial charge in [0.05, 0.1) is 0 Å². The van der Waals surface area contributed by atoms with Crippen molar-refractivity contribution in [3.05, 3.63) is 41.9 Å². The quantitative estimate of drug-likeness (QED) is 0.840. The molecule has 1 saturated heterocycles. The summed E-state index contributed by atoms with van der Waals surface area (Å²) in [6.07, 6.45) is 3.82. The zero-order valence-corrected chi connectivity index (χ0v) is 16.5. The molecule has 0 aliphatic carbocycles. The van der Waals surface area contributed by atoms with Gasteiger partial charge in [-0.15, -0.1) is 0 Å². The molecule has 144 valence electrons. The molecule has 1 N–H and O–H groups in total. The molecule has 0 radical (unpaired) electrons. The van der Waals surface area contributed by atoms with Gasteiger partial charge in [-0.1, -0.05) is 0 Å². The molecule has 1 aromatic carbocycles. The number of piperidine rings is 1. The lowest BCUT2D eigenvalue weighted by Crippen LogP contribution is -2.29. The summed E-state index contributed by atoms with van der Waals surface area (Å²) in [5.74, 6) is 1.18. The molecule has 2 heterocycles. The average Bonchev–Trinajstić information content (AvgIpc) is 2.70. The van der Waals surface area contributed by atoms with Gasteiger partial charge in [0.15, 0.2) is 0 Å². The summed E-state index contributed by atoms with van der Waals surface area (Å²) in [5.41, 5.74) is 2.39. The van der Waals surface area contributed by atoms with Crippen LogP contribution in [0.4, 0.5) is 17.2 Å². The van der Waals surface area contributed by atoms with E-state index in [4.69, 9.17) is 0 Å². The fourth-order valence-electron chi connectivity index (χ4n) is 3.48. The van der Waals surface area contributed by atoms with Crippen molar-refractivity contribution in [1.29, 1.82) is 0 Å². The van der Waals surface area contributed by atoms with E-state index in [1.54, 1.807) is 6.07 Å². The van der Waals surface area contributed by atoms with Gasteiger partial charge in [0.25, 0.3) is 5.91 Å². The van der Waals surface area contributed by atoms with Crippen LogP contribution in [0.1, 0.15) is 49.4 Å². The first-order valence-corrected chi connectivity index (χ1v) is 9.87. The normalized spacial score (nSPS) is 14.1. The first-order chi connectivity index (χ1) is 13.1. The standard InChI is InChI=1S/C21H29N5O/c1-4-25(5-2)20-15-19(22-16(3)23-20)21(27)24-17-9-11-18(12-10-17)26-13-7-6-8-14-26/h9-12,15H,4-8,13-14H2,1-3H3,(H,24,27). The summed E-state index contributed by atoms with van der Waals surface area (Å²) in [6.45, 7) is 9.87. The molecule has 0 unspecified atom stereocenters. The third kappa shape index (κ3) is 4.76. The number of nitrogens with one attached hydrogen (secondary N) is 1. The largest absolute Gasteiger partial charge is 0.372 e. The summed E-state index contributed by atoms with van der Waals surface area (Å²) in [7, 11) is 0. The maximum Gasteiger partial charge on any atom is 0.274 e. The van der Waals surface area contributed by atoms with Crippen molar-refractivity contribution in [2.24, 2.45) is 0 Å². The minimum Gasteiger partial charge on any atom is -0.372 e. The van der Waals surface area contributed by atoms with Gasteiger partial charge < -0.3 is 15.1 Å².